The van der Waals surface area contributed by atoms with E-state index in [1.807, 2.05) is 42.0 Å². The number of amides is 1. The lowest BCUT2D eigenvalue weighted by Crippen LogP contribution is -2.22. The largest absolute Gasteiger partial charge is 0.347 e. The summed E-state index contributed by atoms with van der Waals surface area (Å²) in [4.78, 5) is 14.2. The minimum atomic E-state index is -0.0236. The molecule has 5 heteroatoms. The van der Waals surface area contributed by atoms with E-state index in [-0.39, 0.29) is 5.91 Å². The van der Waals surface area contributed by atoms with Crippen LogP contribution in [0.4, 0.5) is 0 Å². The second-order valence-electron chi connectivity index (χ2n) is 3.61. The van der Waals surface area contributed by atoms with Crippen molar-refractivity contribution in [3.63, 3.8) is 0 Å². The summed E-state index contributed by atoms with van der Waals surface area (Å²) in [6.07, 6.45) is 1.97. The van der Waals surface area contributed by atoms with E-state index < -0.39 is 0 Å². The first-order valence-corrected chi connectivity index (χ1v) is 8.24. The Morgan fingerprint density at radius 1 is 1.44 bits per heavy atom. The SMILES string of the molecule is CSc1ccccc1C(=O)NCc1cc(Br)cs1. The Balaban J connectivity index is 2.03. The second-order valence-corrected chi connectivity index (χ2v) is 6.37. The van der Waals surface area contributed by atoms with E-state index in [1.54, 1.807) is 23.1 Å². The summed E-state index contributed by atoms with van der Waals surface area (Å²) in [5.41, 5.74) is 0.737. The number of hydrogen-bond acceptors (Lipinski definition) is 3. The Hall–Kier alpha value is -0.780. The molecule has 1 amide bonds. The normalized spacial score (nSPS) is 10.3. The Morgan fingerprint density at radius 3 is 2.89 bits per heavy atom. The van der Waals surface area contributed by atoms with Crippen molar-refractivity contribution in [2.24, 2.45) is 0 Å². The van der Waals surface area contributed by atoms with Crippen LogP contribution < -0.4 is 5.32 Å². The van der Waals surface area contributed by atoms with Gasteiger partial charge in [0.1, 0.15) is 0 Å². The molecule has 1 aromatic carbocycles. The highest BCUT2D eigenvalue weighted by Crippen LogP contribution is 2.21. The molecule has 0 aliphatic rings. The van der Waals surface area contributed by atoms with Crippen molar-refractivity contribution in [2.45, 2.75) is 11.4 Å². The lowest BCUT2D eigenvalue weighted by Gasteiger charge is -2.07. The lowest BCUT2D eigenvalue weighted by atomic mass is 10.2. The van der Waals surface area contributed by atoms with Gasteiger partial charge in [-0.3, -0.25) is 4.79 Å². The summed E-state index contributed by atoms with van der Waals surface area (Å²) in [7, 11) is 0. The van der Waals surface area contributed by atoms with Crippen molar-refractivity contribution in [3.8, 4) is 0 Å². The average molecular weight is 342 g/mol. The number of rotatable bonds is 4. The predicted molar refractivity (Wildman–Crippen MR) is 81.4 cm³/mol. The minimum Gasteiger partial charge on any atom is -0.347 e. The smallest absolute Gasteiger partial charge is 0.252 e. The zero-order chi connectivity index (χ0) is 13.0. The molecule has 94 valence electrons. The molecule has 0 aliphatic carbocycles. The summed E-state index contributed by atoms with van der Waals surface area (Å²) in [5, 5.41) is 4.95. The number of nitrogens with one attached hydrogen (secondary N) is 1. The zero-order valence-corrected chi connectivity index (χ0v) is 13.0. The van der Waals surface area contributed by atoms with Crippen molar-refractivity contribution < 1.29 is 4.79 Å². The van der Waals surface area contributed by atoms with Gasteiger partial charge < -0.3 is 5.32 Å². The lowest BCUT2D eigenvalue weighted by molar-refractivity contribution is 0.0948. The fourth-order valence-corrected chi connectivity index (χ4v) is 3.53. The van der Waals surface area contributed by atoms with Gasteiger partial charge in [-0.2, -0.15) is 0 Å². The van der Waals surface area contributed by atoms with Crippen LogP contribution >= 0.6 is 39.0 Å². The number of hydrogen-bond donors (Lipinski definition) is 1. The Bertz CT molecular complexity index is 553. The van der Waals surface area contributed by atoms with E-state index in [0.717, 1.165) is 19.8 Å². The first kappa shape index (κ1) is 13.6. The maximum atomic E-state index is 12.1. The first-order valence-electron chi connectivity index (χ1n) is 5.35. The molecule has 0 saturated carbocycles. The summed E-state index contributed by atoms with van der Waals surface area (Å²) >= 11 is 6.61. The number of thioether (sulfide) groups is 1. The van der Waals surface area contributed by atoms with E-state index in [0.29, 0.717) is 6.54 Å². The summed E-state index contributed by atoms with van der Waals surface area (Å²) in [5.74, 6) is -0.0236. The zero-order valence-electron chi connectivity index (χ0n) is 9.77. The monoisotopic (exact) mass is 341 g/mol. The van der Waals surface area contributed by atoms with Gasteiger partial charge in [0, 0.05) is 19.6 Å². The molecule has 18 heavy (non-hydrogen) atoms. The Kier molecular flexibility index (Phi) is 4.86. The van der Waals surface area contributed by atoms with Gasteiger partial charge in [0.2, 0.25) is 0 Å². The van der Waals surface area contributed by atoms with Crippen LogP contribution in [0, 0.1) is 0 Å². The van der Waals surface area contributed by atoms with E-state index in [4.69, 9.17) is 0 Å². The summed E-state index contributed by atoms with van der Waals surface area (Å²) in [6, 6.07) is 9.66. The highest BCUT2D eigenvalue weighted by Gasteiger charge is 2.10. The molecule has 0 bridgehead atoms. The fourth-order valence-electron chi connectivity index (χ4n) is 1.54. The van der Waals surface area contributed by atoms with Gasteiger partial charge in [-0.15, -0.1) is 23.1 Å². The van der Waals surface area contributed by atoms with Gasteiger partial charge >= 0.3 is 0 Å². The molecular formula is C13H12BrNOS2. The minimum absolute atomic E-state index is 0.0236. The van der Waals surface area contributed by atoms with Crippen molar-refractivity contribution in [1.29, 1.82) is 0 Å². The third-order valence-electron chi connectivity index (χ3n) is 2.40. The van der Waals surface area contributed by atoms with Crippen LogP contribution in [0.3, 0.4) is 0 Å². The number of thiophene rings is 1. The molecule has 0 fully saturated rings. The van der Waals surface area contributed by atoms with Gasteiger partial charge in [-0.25, -0.2) is 0 Å². The van der Waals surface area contributed by atoms with E-state index in [2.05, 4.69) is 21.2 Å². The van der Waals surface area contributed by atoms with E-state index in [9.17, 15) is 4.79 Å². The summed E-state index contributed by atoms with van der Waals surface area (Å²) in [6.45, 7) is 0.567. The van der Waals surface area contributed by atoms with Crippen LogP contribution in [0.25, 0.3) is 0 Å². The second kappa shape index (κ2) is 6.41. The van der Waals surface area contributed by atoms with Crippen molar-refractivity contribution in [2.75, 3.05) is 6.26 Å². The number of halogens is 1. The molecule has 0 saturated heterocycles. The molecule has 2 aromatic rings. The van der Waals surface area contributed by atoms with Crippen LogP contribution in [-0.4, -0.2) is 12.2 Å². The molecule has 0 radical (unpaired) electrons. The molecule has 0 spiro atoms. The van der Waals surface area contributed by atoms with Crippen LogP contribution in [0.5, 0.6) is 0 Å². The molecule has 0 atom stereocenters. The number of carbonyl (C=O) groups is 1. The average Bonchev–Trinajstić information content (AvgIpc) is 2.81. The van der Waals surface area contributed by atoms with E-state index in [1.165, 1.54) is 0 Å². The molecule has 1 N–H and O–H groups in total. The van der Waals surface area contributed by atoms with Crippen LogP contribution in [0.2, 0.25) is 0 Å². The van der Waals surface area contributed by atoms with Crippen molar-refractivity contribution in [3.05, 3.63) is 50.6 Å². The van der Waals surface area contributed by atoms with Gasteiger partial charge in [0.05, 0.1) is 12.1 Å². The fraction of sp³-hybridized carbons (Fsp3) is 0.154. The van der Waals surface area contributed by atoms with Gasteiger partial charge in [-0.05, 0) is 40.4 Å². The summed E-state index contributed by atoms with van der Waals surface area (Å²) < 4.78 is 1.06. The van der Waals surface area contributed by atoms with Crippen LogP contribution in [0.15, 0.2) is 45.1 Å². The van der Waals surface area contributed by atoms with Crippen LogP contribution in [0.1, 0.15) is 15.2 Å². The molecule has 1 heterocycles. The molecule has 2 nitrogen and oxygen atoms in total. The number of benzene rings is 1. The molecular weight excluding hydrogens is 330 g/mol. The van der Waals surface area contributed by atoms with Gasteiger partial charge in [0.15, 0.2) is 0 Å². The molecule has 1 aromatic heterocycles. The topological polar surface area (TPSA) is 29.1 Å². The third-order valence-corrected chi connectivity index (χ3v) is 4.89. The van der Waals surface area contributed by atoms with Crippen LogP contribution in [-0.2, 0) is 6.54 Å². The third kappa shape index (κ3) is 3.37. The Labute approximate surface area is 123 Å². The van der Waals surface area contributed by atoms with Crippen molar-refractivity contribution in [1.82, 2.24) is 5.32 Å². The van der Waals surface area contributed by atoms with E-state index >= 15 is 0 Å². The Morgan fingerprint density at radius 2 is 2.22 bits per heavy atom. The van der Waals surface area contributed by atoms with Crippen molar-refractivity contribution >= 4 is 44.9 Å². The highest BCUT2D eigenvalue weighted by molar-refractivity contribution is 9.10. The highest BCUT2D eigenvalue weighted by atomic mass is 79.9. The molecule has 0 unspecified atom stereocenters. The van der Waals surface area contributed by atoms with Gasteiger partial charge in [0.25, 0.3) is 5.91 Å². The maximum absolute atomic E-state index is 12.1. The predicted octanol–water partition coefficient (Wildman–Crippen LogP) is 4.16. The first-order chi connectivity index (χ1) is 8.70. The quantitative estimate of drug-likeness (QED) is 0.846. The standard InChI is InChI=1S/C13H12BrNOS2/c1-17-12-5-3-2-4-11(12)13(16)15-7-10-6-9(14)8-18-10/h2-6,8H,7H2,1H3,(H,15,16). The number of carbonyl (C=O) groups excluding carboxylic acids is 1. The molecule has 2 rings (SSSR count). The molecule has 0 aliphatic heterocycles. The van der Waals surface area contributed by atoms with Gasteiger partial charge in [-0.1, -0.05) is 12.1 Å². The maximum Gasteiger partial charge on any atom is 0.252 e.